The summed E-state index contributed by atoms with van der Waals surface area (Å²) in [4.78, 5) is 44.5. The molecule has 1 unspecified atom stereocenters. The van der Waals surface area contributed by atoms with Gasteiger partial charge >= 0.3 is 0 Å². The van der Waals surface area contributed by atoms with E-state index >= 15 is 0 Å². The molecule has 0 spiro atoms. The van der Waals surface area contributed by atoms with Gasteiger partial charge in [0.15, 0.2) is 0 Å². The molecule has 3 heterocycles. The summed E-state index contributed by atoms with van der Waals surface area (Å²) in [5.41, 5.74) is 0.597. The van der Waals surface area contributed by atoms with Crippen LogP contribution in [0.3, 0.4) is 0 Å². The molecule has 3 amide bonds. The van der Waals surface area contributed by atoms with Gasteiger partial charge in [0, 0.05) is 32.7 Å². The van der Waals surface area contributed by atoms with Gasteiger partial charge in [-0.1, -0.05) is 29.8 Å². The molecule has 0 radical (unpaired) electrons. The predicted molar refractivity (Wildman–Crippen MR) is 121 cm³/mol. The van der Waals surface area contributed by atoms with Crippen LogP contribution in [0.15, 0.2) is 41.8 Å². The summed E-state index contributed by atoms with van der Waals surface area (Å²) in [6.45, 7) is 3.21. The fourth-order valence-corrected chi connectivity index (χ4v) is 4.96. The third kappa shape index (κ3) is 5.08. The molecule has 0 aliphatic carbocycles. The lowest BCUT2D eigenvalue weighted by Gasteiger charge is -2.37. The van der Waals surface area contributed by atoms with E-state index in [9.17, 15) is 14.4 Å². The van der Waals surface area contributed by atoms with E-state index in [1.165, 1.54) is 11.3 Å². The topological polar surface area (TPSA) is 73.0 Å². The number of amides is 3. The van der Waals surface area contributed by atoms with Crippen LogP contribution in [0.25, 0.3) is 0 Å². The van der Waals surface area contributed by atoms with Crippen molar-refractivity contribution < 1.29 is 14.4 Å². The number of hydrogen-bond acceptors (Lipinski definition) is 5. The zero-order chi connectivity index (χ0) is 21.8. The standard InChI is InChI=1S/C22H25ClN4O3S/c23-16-5-1-2-6-17(16)24-20(28)15-25-10-12-26(13-11-25)21(29)18-7-3-9-27(18)22(30)19-8-4-14-31-19/h1-2,4-6,8,14,18H,3,7,9-13,15H2,(H,24,28). The van der Waals surface area contributed by atoms with E-state index in [2.05, 4.69) is 5.32 Å². The highest BCUT2D eigenvalue weighted by Crippen LogP contribution is 2.24. The largest absolute Gasteiger partial charge is 0.338 e. The highest BCUT2D eigenvalue weighted by atomic mass is 35.5. The molecule has 1 aromatic carbocycles. The van der Waals surface area contributed by atoms with Crippen molar-refractivity contribution in [3.8, 4) is 0 Å². The van der Waals surface area contributed by atoms with Crippen LogP contribution < -0.4 is 5.32 Å². The first kappa shape index (κ1) is 21.8. The van der Waals surface area contributed by atoms with E-state index in [4.69, 9.17) is 11.6 Å². The summed E-state index contributed by atoms with van der Waals surface area (Å²) >= 11 is 7.50. The molecule has 2 fully saturated rings. The number of piperazine rings is 1. The minimum Gasteiger partial charge on any atom is -0.338 e. The third-order valence-corrected chi connectivity index (χ3v) is 6.92. The van der Waals surface area contributed by atoms with Crippen molar-refractivity contribution in [2.45, 2.75) is 18.9 Å². The molecule has 2 saturated heterocycles. The van der Waals surface area contributed by atoms with Gasteiger partial charge < -0.3 is 15.1 Å². The molecule has 1 aromatic heterocycles. The Morgan fingerprint density at radius 1 is 1.03 bits per heavy atom. The van der Waals surface area contributed by atoms with Crippen molar-refractivity contribution in [1.29, 1.82) is 0 Å². The lowest BCUT2D eigenvalue weighted by atomic mass is 10.1. The number of para-hydroxylation sites is 1. The van der Waals surface area contributed by atoms with Gasteiger partial charge in [0.05, 0.1) is 22.1 Å². The van der Waals surface area contributed by atoms with Crippen LogP contribution in [0.4, 0.5) is 5.69 Å². The minimum absolute atomic E-state index is 0.0163. The van der Waals surface area contributed by atoms with Crippen LogP contribution in [-0.2, 0) is 9.59 Å². The molecule has 1 N–H and O–H groups in total. The number of rotatable bonds is 5. The first-order valence-electron chi connectivity index (χ1n) is 10.4. The van der Waals surface area contributed by atoms with Gasteiger partial charge in [0.1, 0.15) is 6.04 Å². The van der Waals surface area contributed by atoms with E-state index in [0.717, 1.165) is 6.42 Å². The number of thiophene rings is 1. The lowest BCUT2D eigenvalue weighted by Crippen LogP contribution is -2.55. The van der Waals surface area contributed by atoms with Gasteiger partial charge in [-0.05, 0) is 36.4 Å². The smallest absolute Gasteiger partial charge is 0.264 e. The third-order valence-electron chi connectivity index (χ3n) is 5.73. The average molecular weight is 461 g/mol. The molecule has 4 rings (SSSR count). The maximum atomic E-state index is 13.1. The van der Waals surface area contributed by atoms with Crippen molar-refractivity contribution in [3.63, 3.8) is 0 Å². The molecule has 9 heteroatoms. The second-order valence-corrected chi connectivity index (χ2v) is 9.12. The van der Waals surface area contributed by atoms with Gasteiger partial charge in [0.25, 0.3) is 5.91 Å². The molecule has 0 saturated carbocycles. The fraction of sp³-hybridized carbons (Fsp3) is 0.409. The van der Waals surface area contributed by atoms with E-state index in [-0.39, 0.29) is 30.3 Å². The number of anilines is 1. The Labute approximate surface area is 190 Å². The Bertz CT molecular complexity index is 944. The Balaban J connectivity index is 1.28. The number of carbonyl (C=O) groups excluding carboxylic acids is 3. The van der Waals surface area contributed by atoms with Crippen LogP contribution in [0.2, 0.25) is 5.02 Å². The van der Waals surface area contributed by atoms with E-state index in [0.29, 0.717) is 54.7 Å². The zero-order valence-electron chi connectivity index (χ0n) is 17.1. The van der Waals surface area contributed by atoms with Crippen LogP contribution in [0.5, 0.6) is 0 Å². The number of carbonyl (C=O) groups is 3. The number of likely N-dealkylation sites (tertiary alicyclic amines) is 1. The SMILES string of the molecule is O=C(CN1CCN(C(=O)C2CCCN2C(=O)c2cccs2)CC1)Nc1ccccc1Cl. The first-order valence-corrected chi connectivity index (χ1v) is 11.7. The highest BCUT2D eigenvalue weighted by Gasteiger charge is 2.38. The lowest BCUT2D eigenvalue weighted by molar-refractivity contribution is -0.137. The maximum absolute atomic E-state index is 13.1. The van der Waals surface area contributed by atoms with Gasteiger partial charge in [-0.2, -0.15) is 0 Å². The minimum atomic E-state index is -0.385. The summed E-state index contributed by atoms with van der Waals surface area (Å²) in [5, 5.41) is 5.21. The Morgan fingerprint density at radius 2 is 1.81 bits per heavy atom. The molecular weight excluding hydrogens is 436 g/mol. The Morgan fingerprint density at radius 3 is 2.52 bits per heavy atom. The number of nitrogens with zero attached hydrogens (tertiary/aromatic N) is 3. The molecule has 164 valence electrons. The summed E-state index contributed by atoms with van der Waals surface area (Å²) in [6, 6.07) is 10.4. The molecule has 31 heavy (non-hydrogen) atoms. The predicted octanol–water partition coefficient (Wildman–Crippen LogP) is 2.79. The molecule has 1 atom stereocenters. The normalized spacial score (nSPS) is 19.5. The van der Waals surface area contributed by atoms with Gasteiger partial charge in [0.2, 0.25) is 11.8 Å². The summed E-state index contributed by atoms with van der Waals surface area (Å²) in [5.74, 6) is -0.167. The molecule has 7 nitrogen and oxygen atoms in total. The summed E-state index contributed by atoms with van der Waals surface area (Å²) < 4.78 is 0. The second-order valence-electron chi connectivity index (χ2n) is 7.76. The summed E-state index contributed by atoms with van der Waals surface area (Å²) in [7, 11) is 0. The van der Waals surface area contributed by atoms with E-state index in [1.807, 2.05) is 33.4 Å². The van der Waals surface area contributed by atoms with E-state index < -0.39 is 0 Å². The van der Waals surface area contributed by atoms with Gasteiger partial charge in [-0.15, -0.1) is 11.3 Å². The average Bonchev–Trinajstić information content (AvgIpc) is 3.47. The van der Waals surface area contributed by atoms with Gasteiger partial charge in [-0.3, -0.25) is 19.3 Å². The number of nitrogens with one attached hydrogen (secondary N) is 1. The number of halogens is 1. The number of benzene rings is 1. The van der Waals surface area contributed by atoms with Gasteiger partial charge in [-0.25, -0.2) is 0 Å². The monoisotopic (exact) mass is 460 g/mol. The Hall–Kier alpha value is -2.42. The van der Waals surface area contributed by atoms with Crippen LogP contribution in [0.1, 0.15) is 22.5 Å². The molecule has 0 bridgehead atoms. The molecule has 2 aliphatic heterocycles. The Kier molecular flexibility index (Phi) is 6.89. The second kappa shape index (κ2) is 9.80. The van der Waals surface area contributed by atoms with Crippen molar-refractivity contribution in [2.75, 3.05) is 44.6 Å². The molecule has 2 aliphatic rings. The summed E-state index contributed by atoms with van der Waals surface area (Å²) in [6.07, 6.45) is 1.55. The zero-order valence-corrected chi connectivity index (χ0v) is 18.7. The molecule has 2 aromatic rings. The van der Waals surface area contributed by atoms with Crippen molar-refractivity contribution >= 4 is 46.3 Å². The number of hydrogen-bond donors (Lipinski definition) is 1. The first-order chi connectivity index (χ1) is 15.0. The fourth-order valence-electron chi connectivity index (χ4n) is 4.10. The molecular formula is C22H25ClN4O3S. The van der Waals surface area contributed by atoms with Crippen LogP contribution in [0, 0.1) is 0 Å². The van der Waals surface area contributed by atoms with Crippen molar-refractivity contribution in [1.82, 2.24) is 14.7 Å². The highest BCUT2D eigenvalue weighted by molar-refractivity contribution is 7.12. The van der Waals surface area contributed by atoms with Crippen molar-refractivity contribution in [2.24, 2.45) is 0 Å². The van der Waals surface area contributed by atoms with E-state index in [1.54, 1.807) is 23.1 Å². The van der Waals surface area contributed by atoms with Crippen molar-refractivity contribution in [3.05, 3.63) is 51.7 Å². The maximum Gasteiger partial charge on any atom is 0.264 e. The quantitative estimate of drug-likeness (QED) is 0.744. The van der Waals surface area contributed by atoms with Crippen LogP contribution in [-0.4, -0.2) is 77.7 Å². The van der Waals surface area contributed by atoms with Crippen LogP contribution >= 0.6 is 22.9 Å².